The van der Waals surface area contributed by atoms with Crippen LogP contribution in [0.25, 0.3) is 10.9 Å². The SMILES string of the molecule is CC1CN(c2c(C(N)=S)cnc3ccccc23)CCO1. The van der Waals surface area contributed by atoms with Gasteiger partial charge in [0.15, 0.2) is 0 Å². The summed E-state index contributed by atoms with van der Waals surface area (Å²) in [5.41, 5.74) is 8.76. The number of para-hydroxylation sites is 1. The van der Waals surface area contributed by atoms with E-state index in [4.69, 9.17) is 22.7 Å². The second-order valence-electron chi connectivity index (χ2n) is 5.03. The van der Waals surface area contributed by atoms with Gasteiger partial charge in [0.2, 0.25) is 0 Å². The molecule has 1 saturated heterocycles. The average molecular weight is 287 g/mol. The van der Waals surface area contributed by atoms with Gasteiger partial charge in [-0.2, -0.15) is 0 Å². The van der Waals surface area contributed by atoms with Crippen molar-refractivity contribution in [3.05, 3.63) is 36.0 Å². The molecule has 0 bridgehead atoms. The molecule has 104 valence electrons. The minimum absolute atomic E-state index is 0.204. The number of nitrogens with two attached hydrogens (primary N) is 1. The number of fused-ring (bicyclic) bond motifs is 1. The van der Waals surface area contributed by atoms with Crippen LogP contribution in [-0.4, -0.2) is 35.8 Å². The largest absolute Gasteiger partial charge is 0.389 e. The smallest absolute Gasteiger partial charge is 0.107 e. The highest BCUT2D eigenvalue weighted by atomic mass is 32.1. The highest BCUT2D eigenvalue weighted by molar-refractivity contribution is 7.80. The van der Waals surface area contributed by atoms with Gasteiger partial charge in [-0.15, -0.1) is 0 Å². The van der Waals surface area contributed by atoms with Gasteiger partial charge in [-0.3, -0.25) is 4.98 Å². The van der Waals surface area contributed by atoms with E-state index in [1.54, 1.807) is 6.20 Å². The van der Waals surface area contributed by atoms with Crippen LogP contribution in [0.5, 0.6) is 0 Å². The summed E-state index contributed by atoms with van der Waals surface area (Å²) in [5, 5.41) is 1.09. The third-order valence-corrected chi connectivity index (χ3v) is 3.79. The van der Waals surface area contributed by atoms with E-state index in [0.29, 0.717) is 11.6 Å². The van der Waals surface area contributed by atoms with Crippen LogP contribution >= 0.6 is 12.2 Å². The normalized spacial score (nSPS) is 19.2. The number of anilines is 1. The molecule has 20 heavy (non-hydrogen) atoms. The molecule has 1 aliphatic heterocycles. The molecule has 1 atom stereocenters. The fraction of sp³-hybridized carbons (Fsp3) is 0.333. The monoisotopic (exact) mass is 287 g/mol. The molecule has 1 aliphatic rings. The molecule has 3 rings (SSSR count). The lowest BCUT2D eigenvalue weighted by Gasteiger charge is -2.34. The van der Waals surface area contributed by atoms with Crippen molar-refractivity contribution in [2.24, 2.45) is 5.73 Å². The molecular weight excluding hydrogens is 270 g/mol. The van der Waals surface area contributed by atoms with E-state index >= 15 is 0 Å². The molecule has 1 unspecified atom stereocenters. The van der Waals surface area contributed by atoms with Gasteiger partial charge in [0.1, 0.15) is 4.99 Å². The summed E-state index contributed by atoms with van der Waals surface area (Å²) >= 11 is 5.19. The van der Waals surface area contributed by atoms with Crippen LogP contribution in [0.3, 0.4) is 0 Å². The summed E-state index contributed by atoms with van der Waals surface area (Å²) < 4.78 is 5.62. The van der Waals surface area contributed by atoms with Crippen molar-refractivity contribution in [2.45, 2.75) is 13.0 Å². The maximum atomic E-state index is 5.88. The lowest BCUT2D eigenvalue weighted by atomic mass is 10.1. The van der Waals surface area contributed by atoms with Gasteiger partial charge in [-0.05, 0) is 13.0 Å². The summed E-state index contributed by atoms with van der Waals surface area (Å²) in [6.07, 6.45) is 1.98. The summed E-state index contributed by atoms with van der Waals surface area (Å²) in [7, 11) is 0. The van der Waals surface area contributed by atoms with Crippen LogP contribution in [0, 0.1) is 0 Å². The number of aromatic nitrogens is 1. The Labute approximate surface area is 123 Å². The Morgan fingerprint density at radius 3 is 3.00 bits per heavy atom. The Kier molecular flexibility index (Phi) is 3.54. The molecule has 2 aromatic rings. The van der Waals surface area contributed by atoms with Crippen molar-refractivity contribution in [3.8, 4) is 0 Å². The molecule has 0 aliphatic carbocycles. The fourth-order valence-electron chi connectivity index (χ4n) is 2.67. The number of nitrogens with zero attached hydrogens (tertiary/aromatic N) is 2. The standard InChI is InChI=1S/C15H17N3OS/c1-10-9-18(6-7-19-10)14-11-4-2-3-5-13(11)17-8-12(14)15(16)20/h2-5,8,10H,6-7,9H2,1H3,(H2,16,20). The van der Waals surface area contributed by atoms with Crippen molar-refractivity contribution in [1.29, 1.82) is 0 Å². The first-order valence-electron chi connectivity index (χ1n) is 6.71. The maximum Gasteiger partial charge on any atom is 0.107 e. The quantitative estimate of drug-likeness (QED) is 0.857. The third-order valence-electron chi connectivity index (χ3n) is 3.57. The van der Waals surface area contributed by atoms with Crippen molar-refractivity contribution in [3.63, 3.8) is 0 Å². The predicted molar refractivity (Wildman–Crippen MR) is 85.3 cm³/mol. The second-order valence-corrected chi connectivity index (χ2v) is 5.47. The number of rotatable bonds is 2. The second kappa shape index (κ2) is 5.34. The number of benzene rings is 1. The van der Waals surface area contributed by atoms with Crippen LogP contribution in [0.1, 0.15) is 12.5 Å². The first-order chi connectivity index (χ1) is 9.66. The zero-order chi connectivity index (χ0) is 14.1. The van der Waals surface area contributed by atoms with Crippen molar-refractivity contribution >= 4 is 33.8 Å². The Morgan fingerprint density at radius 2 is 2.25 bits per heavy atom. The molecule has 0 saturated carbocycles. The molecule has 1 fully saturated rings. The lowest BCUT2D eigenvalue weighted by Crippen LogP contribution is -2.42. The van der Waals surface area contributed by atoms with Crippen LogP contribution in [-0.2, 0) is 4.74 Å². The van der Waals surface area contributed by atoms with E-state index in [0.717, 1.165) is 35.2 Å². The summed E-state index contributed by atoms with van der Waals surface area (Å²) in [4.78, 5) is 7.14. The number of hydrogen-bond donors (Lipinski definition) is 1. The van der Waals surface area contributed by atoms with Gasteiger partial charge in [-0.25, -0.2) is 0 Å². The maximum absolute atomic E-state index is 5.88. The Morgan fingerprint density at radius 1 is 1.45 bits per heavy atom. The van der Waals surface area contributed by atoms with Crippen molar-refractivity contribution in [2.75, 3.05) is 24.6 Å². The van der Waals surface area contributed by atoms with E-state index in [-0.39, 0.29) is 6.10 Å². The number of pyridine rings is 1. The first kappa shape index (κ1) is 13.3. The summed E-state index contributed by atoms with van der Waals surface area (Å²) in [6.45, 7) is 4.47. The summed E-state index contributed by atoms with van der Waals surface area (Å²) in [6, 6.07) is 8.08. The van der Waals surface area contributed by atoms with E-state index in [1.165, 1.54) is 0 Å². The molecular formula is C15H17N3OS. The zero-order valence-electron chi connectivity index (χ0n) is 11.4. The average Bonchev–Trinajstić information content (AvgIpc) is 2.46. The summed E-state index contributed by atoms with van der Waals surface area (Å²) in [5.74, 6) is 0. The van der Waals surface area contributed by atoms with Gasteiger partial charge < -0.3 is 15.4 Å². The molecule has 0 amide bonds. The Balaban J connectivity index is 2.19. The molecule has 5 heteroatoms. The number of thiocarbonyl (C=S) groups is 1. The minimum atomic E-state index is 0.204. The number of morpholine rings is 1. The van der Waals surface area contributed by atoms with Gasteiger partial charge in [0.05, 0.1) is 29.5 Å². The topological polar surface area (TPSA) is 51.4 Å². The van der Waals surface area contributed by atoms with Gasteiger partial charge >= 0.3 is 0 Å². The zero-order valence-corrected chi connectivity index (χ0v) is 12.2. The number of ether oxygens (including phenoxy) is 1. The molecule has 0 spiro atoms. The Hall–Kier alpha value is -1.72. The van der Waals surface area contributed by atoms with Crippen molar-refractivity contribution < 1.29 is 4.74 Å². The Bertz CT molecular complexity index is 659. The molecule has 2 N–H and O–H groups in total. The molecule has 4 nitrogen and oxygen atoms in total. The van der Waals surface area contributed by atoms with E-state index < -0.39 is 0 Å². The minimum Gasteiger partial charge on any atom is -0.389 e. The van der Waals surface area contributed by atoms with Gasteiger partial charge in [-0.1, -0.05) is 30.4 Å². The first-order valence-corrected chi connectivity index (χ1v) is 7.11. The van der Waals surface area contributed by atoms with Crippen LogP contribution in [0.15, 0.2) is 30.5 Å². The van der Waals surface area contributed by atoms with Crippen LogP contribution in [0.4, 0.5) is 5.69 Å². The molecule has 1 aromatic carbocycles. The highest BCUT2D eigenvalue weighted by Crippen LogP contribution is 2.30. The molecule has 1 aromatic heterocycles. The van der Waals surface area contributed by atoms with E-state index in [9.17, 15) is 0 Å². The highest BCUT2D eigenvalue weighted by Gasteiger charge is 2.22. The lowest BCUT2D eigenvalue weighted by molar-refractivity contribution is 0.0533. The van der Waals surface area contributed by atoms with Gasteiger partial charge in [0.25, 0.3) is 0 Å². The van der Waals surface area contributed by atoms with Gasteiger partial charge in [0, 0.05) is 24.7 Å². The molecule has 2 heterocycles. The van der Waals surface area contributed by atoms with Crippen LogP contribution in [0.2, 0.25) is 0 Å². The fourth-order valence-corrected chi connectivity index (χ4v) is 2.82. The van der Waals surface area contributed by atoms with E-state index in [2.05, 4.69) is 22.9 Å². The predicted octanol–water partition coefficient (Wildman–Crippen LogP) is 2.09. The molecule has 0 radical (unpaired) electrons. The number of hydrogen-bond acceptors (Lipinski definition) is 4. The third kappa shape index (κ3) is 2.34. The van der Waals surface area contributed by atoms with E-state index in [1.807, 2.05) is 18.2 Å². The van der Waals surface area contributed by atoms with Crippen molar-refractivity contribution in [1.82, 2.24) is 4.98 Å². The van der Waals surface area contributed by atoms with Crippen LogP contribution < -0.4 is 10.6 Å².